The van der Waals surface area contributed by atoms with E-state index in [4.69, 9.17) is 4.84 Å². The Kier molecular flexibility index (Phi) is 5.66. The van der Waals surface area contributed by atoms with Gasteiger partial charge in [-0.25, -0.2) is 0 Å². The third-order valence-electron chi connectivity index (χ3n) is 2.15. The highest BCUT2D eigenvalue weighted by Gasteiger charge is 2.13. The van der Waals surface area contributed by atoms with Crippen molar-refractivity contribution < 1.29 is 9.63 Å². The normalized spacial score (nSPS) is 12.5. The Labute approximate surface area is 102 Å². The maximum absolute atomic E-state index is 10.9. The third-order valence-corrected chi connectivity index (χ3v) is 2.15. The molecular weight excluding hydrogens is 216 g/mol. The minimum atomic E-state index is -0.178. The van der Waals surface area contributed by atoms with E-state index >= 15 is 0 Å². The van der Waals surface area contributed by atoms with Crippen LogP contribution in [0.2, 0.25) is 0 Å². The first kappa shape index (κ1) is 13.7. The molecule has 0 aliphatic heterocycles. The monoisotopic (exact) mass is 236 g/mol. The van der Waals surface area contributed by atoms with Crippen molar-refractivity contribution in [2.45, 2.75) is 32.9 Å². The molecule has 1 rings (SSSR count). The molecule has 0 aromatic heterocycles. The predicted octanol–water partition coefficient (Wildman–Crippen LogP) is 1.79. The van der Waals surface area contributed by atoms with Crippen LogP contribution in [0.3, 0.4) is 0 Å². The van der Waals surface area contributed by atoms with Crippen molar-refractivity contribution >= 4 is 5.91 Å². The van der Waals surface area contributed by atoms with Crippen LogP contribution >= 0.6 is 0 Å². The van der Waals surface area contributed by atoms with Crippen LogP contribution in [0.1, 0.15) is 32.4 Å². The van der Waals surface area contributed by atoms with Crippen molar-refractivity contribution in [1.82, 2.24) is 10.8 Å². The molecule has 1 unspecified atom stereocenters. The molecule has 0 aliphatic rings. The van der Waals surface area contributed by atoms with Crippen LogP contribution in [0.15, 0.2) is 30.3 Å². The summed E-state index contributed by atoms with van der Waals surface area (Å²) in [5, 5.41) is 2.76. The van der Waals surface area contributed by atoms with Crippen molar-refractivity contribution in [2.75, 3.05) is 6.54 Å². The number of hydrogen-bond donors (Lipinski definition) is 2. The summed E-state index contributed by atoms with van der Waals surface area (Å²) in [5.74, 6) is -0.0564. The average Bonchev–Trinajstić information content (AvgIpc) is 2.29. The van der Waals surface area contributed by atoms with Crippen LogP contribution in [0.4, 0.5) is 0 Å². The molecule has 0 fully saturated rings. The highest BCUT2D eigenvalue weighted by Crippen LogP contribution is 2.15. The van der Waals surface area contributed by atoms with Crippen molar-refractivity contribution in [3.05, 3.63) is 35.9 Å². The first-order chi connectivity index (χ1) is 8.09. The van der Waals surface area contributed by atoms with E-state index in [1.54, 1.807) is 0 Å². The zero-order chi connectivity index (χ0) is 12.7. The van der Waals surface area contributed by atoms with E-state index < -0.39 is 0 Å². The van der Waals surface area contributed by atoms with Crippen LogP contribution in [0.5, 0.6) is 0 Å². The maximum atomic E-state index is 10.9. The Morgan fingerprint density at radius 3 is 2.47 bits per heavy atom. The minimum absolute atomic E-state index is 0.0564. The summed E-state index contributed by atoms with van der Waals surface area (Å²) in [6.07, 6.45) is -0.178. The summed E-state index contributed by atoms with van der Waals surface area (Å²) in [6.45, 7) is 5.96. The second-order valence-electron chi connectivity index (χ2n) is 4.23. The molecular formula is C13H20N2O2. The summed E-state index contributed by atoms with van der Waals surface area (Å²) in [6, 6.07) is 10.1. The Hall–Kier alpha value is -1.39. The third kappa shape index (κ3) is 5.47. The zero-order valence-corrected chi connectivity index (χ0v) is 10.6. The van der Waals surface area contributed by atoms with Gasteiger partial charge in [-0.15, -0.1) is 0 Å². The fraction of sp³-hybridized carbons (Fsp3) is 0.462. The number of nitrogens with one attached hydrogen (secondary N) is 2. The number of amides is 1. The van der Waals surface area contributed by atoms with E-state index in [9.17, 15) is 4.79 Å². The Morgan fingerprint density at radius 1 is 1.29 bits per heavy atom. The SMILES string of the molecule is CC(=O)NCC(ONC(C)C)c1ccccc1. The standard InChI is InChI=1S/C13H20N2O2/c1-10(2)15-17-13(9-14-11(3)16)12-7-5-4-6-8-12/h4-8,10,13,15H,9H2,1-3H3,(H,14,16). The summed E-state index contributed by atoms with van der Waals surface area (Å²) < 4.78 is 0. The molecule has 0 heterocycles. The summed E-state index contributed by atoms with van der Waals surface area (Å²) >= 11 is 0. The molecule has 4 heteroatoms. The van der Waals surface area contributed by atoms with Gasteiger partial charge < -0.3 is 5.32 Å². The summed E-state index contributed by atoms with van der Waals surface area (Å²) in [5.41, 5.74) is 3.95. The predicted molar refractivity (Wildman–Crippen MR) is 67.2 cm³/mol. The highest BCUT2D eigenvalue weighted by molar-refractivity contribution is 5.72. The average molecular weight is 236 g/mol. The van der Waals surface area contributed by atoms with Gasteiger partial charge in [-0.05, 0) is 19.4 Å². The lowest BCUT2D eigenvalue weighted by Gasteiger charge is -2.20. The highest BCUT2D eigenvalue weighted by atomic mass is 16.7. The maximum Gasteiger partial charge on any atom is 0.216 e. The van der Waals surface area contributed by atoms with Crippen LogP contribution in [0.25, 0.3) is 0 Å². The van der Waals surface area contributed by atoms with E-state index in [-0.39, 0.29) is 18.1 Å². The van der Waals surface area contributed by atoms with Crippen molar-refractivity contribution in [1.29, 1.82) is 0 Å². The molecule has 4 nitrogen and oxygen atoms in total. The van der Waals surface area contributed by atoms with Gasteiger partial charge in [-0.1, -0.05) is 30.3 Å². The van der Waals surface area contributed by atoms with Gasteiger partial charge in [-0.3, -0.25) is 9.63 Å². The summed E-state index contributed by atoms with van der Waals surface area (Å²) in [4.78, 5) is 16.5. The second-order valence-corrected chi connectivity index (χ2v) is 4.23. The Balaban J connectivity index is 2.61. The van der Waals surface area contributed by atoms with Crippen molar-refractivity contribution in [3.8, 4) is 0 Å². The molecule has 0 spiro atoms. The molecule has 94 valence electrons. The molecule has 1 aromatic carbocycles. The Bertz CT molecular complexity index is 339. The van der Waals surface area contributed by atoms with Gasteiger partial charge in [0.15, 0.2) is 0 Å². The van der Waals surface area contributed by atoms with Crippen LogP contribution in [0, 0.1) is 0 Å². The topological polar surface area (TPSA) is 50.4 Å². The van der Waals surface area contributed by atoms with E-state index in [2.05, 4.69) is 10.8 Å². The number of benzene rings is 1. The molecule has 0 aliphatic carbocycles. The molecule has 0 bridgehead atoms. The number of carbonyl (C=O) groups is 1. The number of carbonyl (C=O) groups excluding carboxylic acids is 1. The van der Waals surface area contributed by atoms with E-state index in [0.29, 0.717) is 6.54 Å². The number of rotatable bonds is 6. The van der Waals surface area contributed by atoms with Gasteiger partial charge in [0.25, 0.3) is 0 Å². The van der Waals surface area contributed by atoms with Crippen LogP contribution in [-0.4, -0.2) is 18.5 Å². The molecule has 1 atom stereocenters. The number of hydrogen-bond acceptors (Lipinski definition) is 3. The van der Waals surface area contributed by atoms with Crippen molar-refractivity contribution in [2.24, 2.45) is 0 Å². The first-order valence-electron chi connectivity index (χ1n) is 5.80. The molecule has 1 aromatic rings. The molecule has 17 heavy (non-hydrogen) atoms. The fourth-order valence-electron chi connectivity index (χ4n) is 1.35. The lowest BCUT2D eigenvalue weighted by Crippen LogP contribution is -2.32. The second kappa shape index (κ2) is 7.04. The molecule has 2 N–H and O–H groups in total. The first-order valence-corrected chi connectivity index (χ1v) is 5.80. The van der Waals surface area contributed by atoms with Crippen LogP contribution < -0.4 is 10.8 Å². The molecule has 0 saturated carbocycles. The van der Waals surface area contributed by atoms with Crippen LogP contribution in [-0.2, 0) is 9.63 Å². The largest absolute Gasteiger partial charge is 0.353 e. The van der Waals surface area contributed by atoms with E-state index in [1.165, 1.54) is 6.92 Å². The van der Waals surface area contributed by atoms with E-state index in [0.717, 1.165) is 5.56 Å². The Morgan fingerprint density at radius 2 is 1.94 bits per heavy atom. The van der Waals surface area contributed by atoms with Gasteiger partial charge >= 0.3 is 0 Å². The molecule has 0 radical (unpaired) electrons. The fourth-order valence-corrected chi connectivity index (χ4v) is 1.35. The van der Waals surface area contributed by atoms with Gasteiger partial charge in [-0.2, -0.15) is 5.48 Å². The van der Waals surface area contributed by atoms with Gasteiger partial charge in [0.1, 0.15) is 6.10 Å². The lowest BCUT2D eigenvalue weighted by atomic mass is 10.1. The zero-order valence-electron chi connectivity index (χ0n) is 10.6. The summed E-state index contributed by atoms with van der Waals surface area (Å²) in [7, 11) is 0. The van der Waals surface area contributed by atoms with Crippen molar-refractivity contribution in [3.63, 3.8) is 0 Å². The minimum Gasteiger partial charge on any atom is -0.353 e. The van der Waals surface area contributed by atoms with E-state index in [1.807, 2.05) is 44.2 Å². The lowest BCUT2D eigenvalue weighted by molar-refractivity contribution is -0.120. The smallest absolute Gasteiger partial charge is 0.216 e. The van der Waals surface area contributed by atoms with Gasteiger partial charge in [0.05, 0.1) is 0 Å². The quantitative estimate of drug-likeness (QED) is 0.740. The van der Waals surface area contributed by atoms with Gasteiger partial charge in [0, 0.05) is 19.5 Å². The number of hydroxylamine groups is 1. The molecule has 0 saturated heterocycles. The van der Waals surface area contributed by atoms with Gasteiger partial charge in [0.2, 0.25) is 5.91 Å². The molecule has 1 amide bonds.